The van der Waals surface area contributed by atoms with E-state index >= 15 is 0 Å². The van der Waals surface area contributed by atoms with Crippen LogP contribution < -0.4 is 5.32 Å². The van der Waals surface area contributed by atoms with Gasteiger partial charge in [0.25, 0.3) is 0 Å². The third-order valence-corrected chi connectivity index (χ3v) is 5.12. The molecular weight excluding hydrogens is 321 g/mol. The van der Waals surface area contributed by atoms with Crippen LogP contribution in [0.4, 0.5) is 13.2 Å². The first-order chi connectivity index (χ1) is 11.3. The van der Waals surface area contributed by atoms with E-state index in [1.165, 1.54) is 0 Å². The SMILES string of the molecule is O=C(NC[C@]1(O)CCC[C@@H](C(F)(F)F)C1)[C@@H]1C[C@H]1c1cccnc1. The van der Waals surface area contributed by atoms with Crippen molar-refractivity contribution >= 4 is 5.91 Å². The molecule has 24 heavy (non-hydrogen) atoms. The maximum Gasteiger partial charge on any atom is 0.391 e. The Morgan fingerprint density at radius 3 is 2.92 bits per heavy atom. The van der Waals surface area contributed by atoms with Crippen molar-refractivity contribution in [2.75, 3.05) is 6.54 Å². The van der Waals surface area contributed by atoms with E-state index in [2.05, 4.69) is 10.3 Å². The van der Waals surface area contributed by atoms with Crippen LogP contribution in [0.15, 0.2) is 24.5 Å². The van der Waals surface area contributed by atoms with Crippen molar-refractivity contribution in [3.63, 3.8) is 0 Å². The van der Waals surface area contributed by atoms with Gasteiger partial charge in [0.15, 0.2) is 0 Å². The Labute approximate surface area is 138 Å². The summed E-state index contributed by atoms with van der Waals surface area (Å²) in [5.41, 5.74) is -0.474. The van der Waals surface area contributed by atoms with Gasteiger partial charge in [0.2, 0.25) is 5.91 Å². The van der Waals surface area contributed by atoms with Crippen LogP contribution in [0.5, 0.6) is 0 Å². The number of pyridine rings is 1. The van der Waals surface area contributed by atoms with Crippen LogP contribution in [0.3, 0.4) is 0 Å². The molecule has 2 aliphatic rings. The molecule has 0 radical (unpaired) electrons. The molecule has 0 bridgehead atoms. The van der Waals surface area contributed by atoms with Crippen LogP contribution in [-0.2, 0) is 4.79 Å². The number of aromatic nitrogens is 1. The lowest BCUT2D eigenvalue weighted by Crippen LogP contribution is -2.48. The maximum absolute atomic E-state index is 12.9. The Morgan fingerprint density at radius 1 is 1.46 bits per heavy atom. The largest absolute Gasteiger partial charge is 0.391 e. The number of nitrogens with zero attached hydrogens (tertiary/aromatic N) is 1. The van der Waals surface area contributed by atoms with Crippen molar-refractivity contribution in [1.82, 2.24) is 10.3 Å². The highest BCUT2D eigenvalue weighted by Crippen LogP contribution is 2.47. The fraction of sp³-hybridized carbons (Fsp3) is 0.647. The van der Waals surface area contributed by atoms with Gasteiger partial charge in [-0.1, -0.05) is 6.07 Å². The Balaban J connectivity index is 1.51. The Bertz CT molecular complexity index is 593. The number of rotatable bonds is 4. The van der Waals surface area contributed by atoms with Gasteiger partial charge in [0, 0.05) is 24.9 Å². The van der Waals surface area contributed by atoms with Gasteiger partial charge in [-0.3, -0.25) is 9.78 Å². The van der Waals surface area contributed by atoms with Crippen LogP contribution in [0.2, 0.25) is 0 Å². The van der Waals surface area contributed by atoms with Crippen molar-refractivity contribution in [2.24, 2.45) is 11.8 Å². The van der Waals surface area contributed by atoms with Gasteiger partial charge in [0.05, 0.1) is 11.5 Å². The summed E-state index contributed by atoms with van der Waals surface area (Å²) >= 11 is 0. The highest BCUT2D eigenvalue weighted by atomic mass is 19.4. The number of aliphatic hydroxyl groups is 1. The lowest BCUT2D eigenvalue weighted by atomic mass is 9.77. The van der Waals surface area contributed by atoms with Crippen LogP contribution in [0.25, 0.3) is 0 Å². The quantitative estimate of drug-likeness (QED) is 0.884. The molecule has 2 N–H and O–H groups in total. The third-order valence-electron chi connectivity index (χ3n) is 5.12. The van der Waals surface area contributed by atoms with Gasteiger partial charge in [0.1, 0.15) is 0 Å². The molecule has 1 aromatic rings. The molecule has 0 aromatic carbocycles. The van der Waals surface area contributed by atoms with Gasteiger partial charge in [-0.25, -0.2) is 0 Å². The standard InChI is InChI=1S/C17H21F3N2O2/c18-17(19,20)12-4-1-5-16(24,8-12)10-22-15(23)14-7-13(14)11-3-2-6-21-9-11/h2-3,6,9,12-14,24H,1,4-5,7-8,10H2,(H,22,23)/t12-,13+,14-,16+/m1/s1. The molecule has 0 unspecified atom stereocenters. The van der Waals surface area contributed by atoms with Crippen LogP contribution in [0, 0.1) is 11.8 Å². The molecule has 2 fully saturated rings. The number of hydrogen-bond acceptors (Lipinski definition) is 3. The van der Waals surface area contributed by atoms with Gasteiger partial charge in [-0.2, -0.15) is 13.2 Å². The van der Waals surface area contributed by atoms with E-state index < -0.39 is 17.7 Å². The lowest BCUT2D eigenvalue weighted by Gasteiger charge is -2.37. The normalized spacial score (nSPS) is 33.1. The van der Waals surface area contributed by atoms with Crippen LogP contribution >= 0.6 is 0 Å². The first-order valence-corrected chi connectivity index (χ1v) is 8.25. The summed E-state index contributed by atoms with van der Waals surface area (Å²) < 4.78 is 38.6. The van der Waals surface area contributed by atoms with E-state index in [1.54, 1.807) is 12.4 Å². The zero-order valence-corrected chi connectivity index (χ0v) is 13.2. The number of hydrogen-bond donors (Lipinski definition) is 2. The summed E-state index contributed by atoms with van der Waals surface area (Å²) in [7, 11) is 0. The van der Waals surface area contributed by atoms with E-state index in [0.29, 0.717) is 12.8 Å². The third kappa shape index (κ3) is 3.88. The summed E-state index contributed by atoms with van der Waals surface area (Å²) in [6, 6.07) is 3.72. The molecular formula is C17H21F3N2O2. The second-order valence-corrected chi connectivity index (χ2v) is 7.01. The van der Waals surface area contributed by atoms with Crippen LogP contribution in [0.1, 0.15) is 43.6 Å². The molecule has 0 spiro atoms. The van der Waals surface area contributed by atoms with Crippen molar-refractivity contribution in [1.29, 1.82) is 0 Å². The smallest absolute Gasteiger partial charge is 0.388 e. The number of carbonyl (C=O) groups excluding carboxylic acids is 1. The highest BCUT2D eigenvalue weighted by Gasteiger charge is 2.48. The topological polar surface area (TPSA) is 62.2 Å². The minimum absolute atomic E-state index is 0.0471. The first-order valence-electron chi connectivity index (χ1n) is 8.25. The average molecular weight is 342 g/mol. The average Bonchev–Trinajstić information content (AvgIpc) is 3.33. The molecule has 1 aromatic heterocycles. The van der Waals surface area contributed by atoms with Crippen molar-refractivity contribution in [3.8, 4) is 0 Å². The Hall–Kier alpha value is -1.63. The Morgan fingerprint density at radius 2 is 2.25 bits per heavy atom. The molecule has 1 amide bonds. The van der Waals surface area contributed by atoms with Crippen molar-refractivity contribution < 1.29 is 23.1 Å². The van der Waals surface area contributed by atoms with Gasteiger partial charge < -0.3 is 10.4 Å². The molecule has 4 atom stereocenters. The molecule has 7 heteroatoms. The predicted octanol–water partition coefficient (Wildman–Crippen LogP) is 2.78. The van der Waals surface area contributed by atoms with E-state index in [1.807, 2.05) is 12.1 Å². The zero-order valence-electron chi connectivity index (χ0n) is 13.2. The predicted molar refractivity (Wildman–Crippen MR) is 81.1 cm³/mol. The van der Waals surface area contributed by atoms with Crippen molar-refractivity contribution in [3.05, 3.63) is 30.1 Å². The molecule has 3 rings (SSSR count). The molecule has 0 aliphatic heterocycles. The van der Waals surface area contributed by atoms with E-state index in [9.17, 15) is 23.1 Å². The molecule has 2 saturated carbocycles. The van der Waals surface area contributed by atoms with Crippen molar-refractivity contribution in [2.45, 2.75) is 49.8 Å². The fourth-order valence-corrected chi connectivity index (χ4v) is 3.61. The lowest BCUT2D eigenvalue weighted by molar-refractivity contribution is -0.199. The van der Waals surface area contributed by atoms with E-state index in [0.717, 1.165) is 5.56 Å². The van der Waals surface area contributed by atoms with E-state index in [4.69, 9.17) is 0 Å². The van der Waals surface area contributed by atoms with Gasteiger partial charge in [-0.15, -0.1) is 0 Å². The molecule has 4 nitrogen and oxygen atoms in total. The van der Waals surface area contributed by atoms with Gasteiger partial charge >= 0.3 is 6.18 Å². The summed E-state index contributed by atoms with van der Waals surface area (Å²) in [4.78, 5) is 16.2. The summed E-state index contributed by atoms with van der Waals surface area (Å²) in [6.07, 6.45) is 0.117. The molecule has 0 saturated heterocycles. The highest BCUT2D eigenvalue weighted by molar-refractivity contribution is 5.82. The maximum atomic E-state index is 12.9. The zero-order chi connectivity index (χ0) is 17.4. The summed E-state index contributed by atoms with van der Waals surface area (Å²) in [5.74, 6) is -1.76. The minimum Gasteiger partial charge on any atom is -0.388 e. The molecule has 132 valence electrons. The Kier molecular flexibility index (Phi) is 4.55. The molecule has 1 heterocycles. The fourth-order valence-electron chi connectivity index (χ4n) is 3.61. The second kappa shape index (κ2) is 6.35. The monoisotopic (exact) mass is 342 g/mol. The first kappa shape index (κ1) is 17.2. The summed E-state index contributed by atoms with van der Waals surface area (Å²) in [5, 5.41) is 13.1. The molecule has 2 aliphatic carbocycles. The van der Waals surface area contributed by atoms with E-state index in [-0.39, 0.29) is 43.6 Å². The van der Waals surface area contributed by atoms with Crippen LogP contribution in [-0.4, -0.2) is 34.3 Å². The summed E-state index contributed by atoms with van der Waals surface area (Å²) in [6.45, 7) is -0.116. The number of halogens is 3. The minimum atomic E-state index is -4.29. The second-order valence-electron chi connectivity index (χ2n) is 7.01. The number of amides is 1. The number of carbonyl (C=O) groups is 1. The number of nitrogens with one attached hydrogen (secondary N) is 1. The van der Waals surface area contributed by atoms with Gasteiger partial charge in [-0.05, 0) is 49.7 Å². The number of alkyl halides is 3.